The number of quaternary nitrogens is 1. The van der Waals surface area contributed by atoms with Crippen molar-refractivity contribution in [3.05, 3.63) is 23.3 Å². The third kappa shape index (κ3) is 1.77. The molecule has 1 spiro atoms. The van der Waals surface area contributed by atoms with Crippen LogP contribution in [0.4, 0.5) is 0 Å². The Labute approximate surface area is 160 Å². The van der Waals surface area contributed by atoms with Crippen LogP contribution in [0.3, 0.4) is 0 Å². The summed E-state index contributed by atoms with van der Waals surface area (Å²) in [6.07, 6.45) is 5.78. The minimum absolute atomic E-state index is 0.133. The van der Waals surface area contributed by atoms with Crippen molar-refractivity contribution in [3.63, 3.8) is 0 Å². The molecule has 0 amide bonds. The van der Waals surface area contributed by atoms with Gasteiger partial charge in [0, 0.05) is 24.3 Å². The first-order chi connectivity index (χ1) is 12.9. The lowest BCUT2D eigenvalue weighted by Gasteiger charge is -2.65. The number of aliphatic hydroxyl groups is 2. The van der Waals surface area contributed by atoms with Gasteiger partial charge in [-0.2, -0.15) is 0 Å². The molecule has 0 radical (unpaired) electrons. The number of benzene rings is 1. The molecule has 3 unspecified atom stereocenters. The van der Waals surface area contributed by atoms with Crippen molar-refractivity contribution in [1.29, 1.82) is 0 Å². The highest BCUT2D eigenvalue weighted by Gasteiger charge is 2.76. The van der Waals surface area contributed by atoms with Crippen LogP contribution in [0.15, 0.2) is 12.1 Å². The lowest BCUT2D eigenvalue weighted by Crippen LogP contribution is -2.81. The van der Waals surface area contributed by atoms with Crippen LogP contribution in [0.2, 0.25) is 0 Å². The molecule has 2 saturated carbocycles. The SMILES string of the molecule is C[N@@+]1(CC2CCC2)CC[C@@]23c4c5ccc(O)c4OC2[C@H](O)CCC3(O)C1C5. The fourth-order valence-electron chi connectivity index (χ4n) is 7.51. The maximum absolute atomic E-state index is 12.3. The molecule has 2 heterocycles. The zero-order valence-electron chi connectivity index (χ0n) is 16.0. The number of aromatic hydroxyl groups is 1. The van der Waals surface area contributed by atoms with E-state index in [4.69, 9.17) is 4.74 Å². The summed E-state index contributed by atoms with van der Waals surface area (Å²) in [7, 11) is 2.34. The van der Waals surface area contributed by atoms with Crippen molar-refractivity contribution in [1.82, 2.24) is 0 Å². The monoisotopic (exact) mass is 372 g/mol. The average molecular weight is 372 g/mol. The standard InChI is InChI=1S/C22H29NO4/c1-23(12-13-3-2-4-13)10-9-21-18-14-5-6-15(24)19(18)27-20(21)16(25)7-8-22(21,26)17(23)11-14/h5-6,13,16-17,20,25-26H,2-4,7-12H2,1H3/p+1/t16-,17?,20?,21-,22?,23+/m1/s1. The van der Waals surface area contributed by atoms with Gasteiger partial charge in [0.05, 0.1) is 31.7 Å². The zero-order chi connectivity index (χ0) is 18.6. The molecule has 2 bridgehead atoms. The summed E-state index contributed by atoms with van der Waals surface area (Å²) < 4.78 is 7.13. The normalized spacial score (nSPS) is 47.1. The molecule has 5 aliphatic rings. The summed E-state index contributed by atoms with van der Waals surface area (Å²) in [4.78, 5) is 0. The van der Waals surface area contributed by atoms with E-state index in [0.29, 0.717) is 18.6 Å². The quantitative estimate of drug-likeness (QED) is 0.693. The largest absolute Gasteiger partial charge is 0.504 e. The maximum Gasteiger partial charge on any atom is 0.165 e. The van der Waals surface area contributed by atoms with Crippen LogP contribution in [0.1, 0.15) is 49.7 Å². The molecule has 5 nitrogen and oxygen atoms in total. The van der Waals surface area contributed by atoms with Gasteiger partial charge in [-0.1, -0.05) is 12.5 Å². The number of rotatable bonds is 2. The van der Waals surface area contributed by atoms with Gasteiger partial charge >= 0.3 is 0 Å². The predicted molar refractivity (Wildman–Crippen MR) is 99.8 cm³/mol. The lowest BCUT2D eigenvalue weighted by atomic mass is 9.48. The molecule has 27 heavy (non-hydrogen) atoms. The van der Waals surface area contributed by atoms with Crippen molar-refractivity contribution < 1.29 is 24.5 Å². The van der Waals surface area contributed by atoms with Gasteiger partial charge in [-0.15, -0.1) is 0 Å². The van der Waals surface area contributed by atoms with E-state index in [2.05, 4.69) is 7.05 Å². The maximum atomic E-state index is 12.3. The first-order valence-corrected chi connectivity index (χ1v) is 10.7. The van der Waals surface area contributed by atoms with Gasteiger partial charge < -0.3 is 24.5 Å². The lowest BCUT2D eigenvalue weighted by molar-refractivity contribution is -0.952. The zero-order valence-corrected chi connectivity index (χ0v) is 16.0. The number of hydrogen-bond donors (Lipinski definition) is 3. The number of aliphatic hydroxyl groups excluding tert-OH is 1. The summed E-state index contributed by atoms with van der Waals surface area (Å²) in [5, 5.41) is 33.5. The summed E-state index contributed by atoms with van der Waals surface area (Å²) >= 11 is 0. The highest BCUT2D eigenvalue weighted by atomic mass is 16.5. The smallest absolute Gasteiger partial charge is 0.165 e. The van der Waals surface area contributed by atoms with Crippen LogP contribution in [-0.4, -0.2) is 63.8 Å². The van der Waals surface area contributed by atoms with Gasteiger partial charge in [-0.25, -0.2) is 0 Å². The summed E-state index contributed by atoms with van der Waals surface area (Å²) in [5.41, 5.74) is 0.750. The fraction of sp³-hybridized carbons (Fsp3) is 0.727. The summed E-state index contributed by atoms with van der Waals surface area (Å²) in [6.45, 7) is 2.15. The molecule has 5 heteroatoms. The Kier molecular flexibility index (Phi) is 3.08. The molecule has 1 aromatic rings. The Morgan fingerprint density at radius 1 is 1.22 bits per heavy atom. The number of ether oxygens (including phenoxy) is 1. The third-order valence-electron chi connectivity index (χ3n) is 8.98. The molecule has 6 rings (SSSR count). The van der Waals surface area contributed by atoms with Crippen molar-refractivity contribution in [2.24, 2.45) is 5.92 Å². The first-order valence-electron chi connectivity index (χ1n) is 10.7. The Balaban J connectivity index is 1.55. The van der Waals surface area contributed by atoms with E-state index in [-0.39, 0.29) is 11.8 Å². The van der Waals surface area contributed by atoms with Gasteiger partial charge in [-0.05, 0) is 37.3 Å². The number of nitrogens with zero attached hydrogens (tertiary/aromatic N) is 1. The van der Waals surface area contributed by atoms with Crippen molar-refractivity contribution in [2.75, 3.05) is 20.1 Å². The van der Waals surface area contributed by atoms with Gasteiger partial charge in [-0.3, -0.25) is 0 Å². The molecule has 1 saturated heterocycles. The average Bonchev–Trinajstić information content (AvgIpc) is 2.97. The molecular formula is C22H30NO4+. The van der Waals surface area contributed by atoms with Gasteiger partial charge in [0.2, 0.25) is 0 Å². The summed E-state index contributed by atoms with van der Waals surface area (Å²) in [5.74, 6) is 1.45. The summed E-state index contributed by atoms with van der Waals surface area (Å²) in [6, 6.07) is 3.88. The van der Waals surface area contributed by atoms with E-state index >= 15 is 0 Å². The number of likely N-dealkylation sites (N-methyl/N-ethyl adjacent to an activating group) is 1. The number of hydrogen-bond acceptors (Lipinski definition) is 4. The second-order valence-electron chi connectivity index (χ2n) is 10.1. The first kappa shape index (κ1) is 16.6. The third-order valence-corrected chi connectivity index (χ3v) is 8.98. The Bertz CT molecular complexity index is 823. The van der Waals surface area contributed by atoms with E-state index in [1.807, 2.05) is 6.07 Å². The fourth-order valence-corrected chi connectivity index (χ4v) is 7.51. The van der Waals surface area contributed by atoms with E-state index < -0.39 is 23.2 Å². The van der Waals surface area contributed by atoms with Gasteiger partial charge in [0.1, 0.15) is 17.7 Å². The van der Waals surface area contributed by atoms with Crippen molar-refractivity contribution in [2.45, 2.75) is 74.2 Å². The van der Waals surface area contributed by atoms with E-state index in [1.54, 1.807) is 6.07 Å². The molecule has 0 aromatic heterocycles. The van der Waals surface area contributed by atoms with Gasteiger partial charge in [0.15, 0.2) is 11.5 Å². The number of likely N-dealkylation sites (tertiary alicyclic amines) is 1. The van der Waals surface area contributed by atoms with E-state index in [0.717, 1.165) is 41.9 Å². The second-order valence-corrected chi connectivity index (χ2v) is 10.1. The van der Waals surface area contributed by atoms with Crippen LogP contribution >= 0.6 is 0 Å². The van der Waals surface area contributed by atoms with Crippen molar-refractivity contribution in [3.8, 4) is 11.5 Å². The molecule has 3 aliphatic carbocycles. The number of piperidine rings is 1. The van der Waals surface area contributed by atoms with Crippen LogP contribution in [-0.2, 0) is 11.8 Å². The molecular weight excluding hydrogens is 342 g/mol. The molecule has 2 aliphatic heterocycles. The van der Waals surface area contributed by atoms with Crippen molar-refractivity contribution >= 4 is 0 Å². The molecule has 1 aromatic carbocycles. The van der Waals surface area contributed by atoms with Gasteiger partial charge in [0.25, 0.3) is 0 Å². The Morgan fingerprint density at radius 2 is 2.04 bits per heavy atom. The predicted octanol–water partition coefficient (Wildman–Crippen LogP) is 1.85. The van der Waals surface area contributed by atoms with Crippen LogP contribution in [0, 0.1) is 5.92 Å². The number of phenols is 1. The molecule has 3 N–H and O–H groups in total. The highest BCUT2D eigenvalue weighted by Crippen LogP contribution is 2.66. The second kappa shape index (κ2) is 5.00. The molecule has 3 fully saturated rings. The van der Waals surface area contributed by atoms with Crippen LogP contribution < -0.4 is 4.74 Å². The number of phenolic OH excluding ortho intramolecular Hbond substituents is 1. The molecule has 146 valence electrons. The minimum atomic E-state index is -0.875. The highest BCUT2D eigenvalue weighted by molar-refractivity contribution is 5.62. The topological polar surface area (TPSA) is 69.9 Å². The van der Waals surface area contributed by atoms with Crippen LogP contribution in [0.5, 0.6) is 11.5 Å². The van der Waals surface area contributed by atoms with Crippen LogP contribution in [0.25, 0.3) is 0 Å². The minimum Gasteiger partial charge on any atom is -0.504 e. The Morgan fingerprint density at radius 3 is 2.78 bits per heavy atom. The van der Waals surface area contributed by atoms with E-state index in [9.17, 15) is 15.3 Å². The Hall–Kier alpha value is -1.30. The molecule has 6 atom stereocenters. The van der Waals surface area contributed by atoms with E-state index in [1.165, 1.54) is 24.8 Å².